The second kappa shape index (κ2) is 6.81. The van der Waals surface area contributed by atoms with Crippen molar-refractivity contribution in [2.24, 2.45) is 0 Å². The molecule has 1 atom stereocenters. The van der Waals surface area contributed by atoms with E-state index in [9.17, 15) is 10.1 Å². The van der Waals surface area contributed by atoms with Crippen molar-refractivity contribution in [2.75, 3.05) is 7.11 Å². The average Bonchev–Trinajstić information content (AvgIpc) is 2.52. The number of nitro groups is 1. The van der Waals surface area contributed by atoms with Crippen LogP contribution in [0.25, 0.3) is 0 Å². The molecule has 0 aliphatic rings. The van der Waals surface area contributed by atoms with Gasteiger partial charge < -0.3 is 10.1 Å². The average molecular weight is 287 g/mol. The van der Waals surface area contributed by atoms with Crippen LogP contribution in [0.1, 0.15) is 24.1 Å². The van der Waals surface area contributed by atoms with Crippen LogP contribution in [0.3, 0.4) is 0 Å². The Morgan fingerprint density at radius 3 is 2.81 bits per heavy atom. The topological polar surface area (TPSA) is 77.3 Å². The minimum Gasteiger partial charge on any atom is -0.481 e. The van der Waals surface area contributed by atoms with Gasteiger partial charge in [-0.2, -0.15) is 0 Å². The minimum absolute atomic E-state index is 0.121. The monoisotopic (exact) mass is 287 g/mol. The lowest BCUT2D eigenvalue weighted by Crippen LogP contribution is -2.19. The van der Waals surface area contributed by atoms with E-state index in [-0.39, 0.29) is 16.7 Å². The van der Waals surface area contributed by atoms with Gasteiger partial charge in [0.15, 0.2) is 0 Å². The van der Waals surface area contributed by atoms with E-state index in [1.165, 1.54) is 6.07 Å². The second-order valence-corrected chi connectivity index (χ2v) is 4.59. The zero-order valence-electron chi connectivity index (χ0n) is 11.9. The molecule has 6 heteroatoms. The Kier molecular flexibility index (Phi) is 4.84. The predicted octanol–water partition coefficient (Wildman–Crippen LogP) is 2.85. The van der Waals surface area contributed by atoms with Crippen LogP contribution in [-0.2, 0) is 6.54 Å². The summed E-state index contributed by atoms with van der Waals surface area (Å²) in [6, 6.07) is 10.3. The number of ether oxygens (including phenoxy) is 1. The van der Waals surface area contributed by atoms with Gasteiger partial charge in [0.2, 0.25) is 5.88 Å². The van der Waals surface area contributed by atoms with E-state index in [1.54, 1.807) is 31.5 Å². The van der Waals surface area contributed by atoms with Gasteiger partial charge in [0.25, 0.3) is 5.69 Å². The fraction of sp³-hybridized carbons (Fsp3) is 0.267. The molecule has 110 valence electrons. The molecule has 0 saturated carbocycles. The van der Waals surface area contributed by atoms with Crippen molar-refractivity contribution < 1.29 is 9.66 Å². The van der Waals surface area contributed by atoms with Gasteiger partial charge in [-0.05, 0) is 13.0 Å². The van der Waals surface area contributed by atoms with E-state index >= 15 is 0 Å². The van der Waals surface area contributed by atoms with Crippen LogP contribution < -0.4 is 10.1 Å². The number of nitrogens with zero attached hydrogens (tertiary/aromatic N) is 2. The molecule has 1 unspecified atom stereocenters. The summed E-state index contributed by atoms with van der Waals surface area (Å²) in [4.78, 5) is 14.8. The first-order chi connectivity index (χ1) is 10.1. The highest BCUT2D eigenvalue weighted by atomic mass is 16.6. The lowest BCUT2D eigenvalue weighted by Gasteiger charge is -2.15. The molecule has 0 radical (unpaired) electrons. The van der Waals surface area contributed by atoms with E-state index in [4.69, 9.17) is 4.74 Å². The Morgan fingerprint density at radius 1 is 1.33 bits per heavy atom. The number of hydrogen-bond acceptors (Lipinski definition) is 5. The maximum absolute atomic E-state index is 11.0. The zero-order chi connectivity index (χ0) is 15.2. The molecular formula is C15H17N3O3. The smallest absolute Gasteiger partial charge is 0.274 e. The molecule has 0 amide bonds. The van der Waals surface area contributed by atoms with Gasteiger partial charge in [-0.25, -0.2) is 4.98 Å². The van der Waals surface area contributed by atoms with Gasteiger partial charge in [0.1, 0.15) is 0 Å². The van der Waals surface area contributed by atoms with Crippen molar-refractivity contribution in [3.05, 3.63) is 63.8 Å². The summed E-state index contributed by atoms with van der Waals surface area (Å²) >= 11 is 0. The Balaban J connectivity index is 2.12. The van der Waals surface area contributed by atoms with Crippen LogP contribution in [0.4, 0.5) is 5.69 Å². The molecule has 1 aromatic heterocycles. The lowest BCUT2D eigenvalue weighted by molar-refractivity contribution is -0.385. The van der Waals surface area contributed by atoms with Crippen molar-refractivity contribution in [1.29, 1.82) is 0 Å². The molecule has 1 aromatic carbocycles. The third-order valence-electron chi connectivity index (χ3n) is 3.24. The summed E-state index contributed by atoms with van der Waals surface area (Å²) in [6.45, 7) is 2.41. The summed E-state index contributed by atoms with van der Waals surface area (Å²) in [5, 5.41) is 14.3. The molecule has 6 nitrogen and oxygen atoms in total. The summed E-state index contributed by atoms with van der Waals surface area (Å²) in [7, 11) is 1.57. The summed E-state index contributed by atoms with van der Waals surface area (Å²) in [5.41, 5.74) is 1.69. The van der Waals surface area contributed by atoms with E-state index in [1.807, 2.05) is 19.1 Å². The van der Waals surface area contributed by atoms with Crippen LogP contribution in [-0.4, -0.2) is 17.0 Å². The molecule has 0 aliphatic heterocycles. The maximum atomic E-state index is 11.0. The molecule has 1 heterocycles. The van der Waals surface area contributed by atoms with Crippen molar-refractivity contribution in [2.45, 2.75) is 19.5 Å². The molecule has 2 aromatic rings. The first kappa shape index (κ1) is 14.9. The van der Waals surface area contributed by atoms with Crippen molar-refractivity contribution in [1.82, 2.24) is 10.3 Å². The third kappa shape index (κ3) is 3.55. The van der Waals surface area contributed by atoms with Crippen LogP contribution in [0.5, 0.6) is 5.88 Å². The largest absolute Gasteiger partial charge is 0.481 e. The highest BCUT2D eigenvalue weighted by molar-refractivity contribution is 5.41. The molecule has 0 bridgehead atoms. The fourth-order valence-corrected chi connectivity index (χ4v) is 2.14. The molecule has 21 heavy (non-hydrogen) atoms. The van der Waals surface area contributed by atoms with Crippen LogP contribution >= 0.6 is 0 Å². The summed E-state index contributed by atoms with van der Waals surface area (Å²) in [6.07, 6.45) is 1.66. The van der Waals surface area contributed by atoms with E-state index < -0.39 is 0 Å². The van der Waals surface area contributed by atoms with Crippen molar-refractivity contribution >= 4 is 5.69 Å². The van der Waals surface area contributed by atoms with Gasteiger partial charge >= 0.3 is 0 Å². The number of nitrogens with one attached hydrogen (secondary N) is 1. The lowest BCUT2D eigenvalue weighted by atomic mass is 10.1. The molecule has 0 fully saturated rings. The Bertz CT molecular complexity index is 631. The van der Waals surface area contributed by atoms with E-state index in [0.29, 0.717) is 18.0 Å². The standard InChI is InChI=1S/C15H17N3O3/c1-11(13-7-3-4-8-14(13)18(19)20)17-10-12-6-5-9-16-15(12)21-2/h3-9,11,17H,10H2,1-2H3. The highest BCUT2D eigenvalue weighted by Gasteiger charge is 2.18. The zero-order valence-corrected chi connectivity index (χ0v) is 11.9. The van der Waals surface area contributed by atoms with Gasteiger partial charge in [0.05, 0.1) is 12.0 Å². The SMILES string of the molecule is COc1ncccc1CNC(C)c1ccccc1[N+](=O)[O-]. The van der Waals surface area contributed by atoms with Crippen LogP contribution in [0, 0.1) is 10.1 Å². The number of rotatable bonds is 6. The number of hydrogen-bond donors (Lipinski definition) is 1. The number of benzene rings is 1. The number of methoxy groups -OCH3 is 1. The van der Waals surface area contributed by atoms with Crippen LogP contribution in [0.2, 0.25) is 0 Å². The van der Waals surface area contributed by atoms with Crippen LogP contribution in [0.15, 0.2) is 42.6 Å². The first-order valence-electron chi connectivity index (χ1n) is 6.58. The first-order valence-corrected chi connectivity index (χ1v) is 6.58. The van der Waals surface area contributed by atoms with Gasteiger partial charge in [-0.1, -0.05) is 24.3 Å². The fourth-order valence-electron chi connectivity index (χ4n) is 2.14. The molecule has 0 spiro atoms. The molecule has 0 saturated heterocycles. The third-order valence-corrected chi connectivity index (χ3v) is 3.24. The Hall–Kier alpha value is -2.47. The minimum atomic E-state index is -0.363. The van der Waals surface area contributed by atoms with Gasteiger partial charge in [0, 0.05) is 36.0 Å². The Labute approximate surface area is 122 Å². The van der Waals surface area contributed by atoms with Gasteiger partial charge in [-0.15, -0.1) is 0 Å². The maximum Gasteiger partial charge on any atom is 0.274 e. The van der Waals surface area contributed by atoms with Crippen molar-refractivity contribution in [3.63, 3.8) is 0 Å². The number of nitro benzene ring substituents is 1. The van der Waals surface area contributed by atoms with E-state index in [0.717, 1.165) is 5.56 Å². The molecule has 1 N–H and O–H groups in total. The quantitative estimate of drug-likeness (QED) is 0.653. The number of pyridine rings is 1. The summed E-state index contributed by atoms with van der Waals surface area (Å²) < 4.78 is 5.19. The normalized spacial score (nSPS) is 11.9. The molecule has 0 aliphatic carbocycles. The van der Waals surface area contributed by atoms with Gasteiger partial charge in [-0.3, -0.25) is 10.1 Å². The Morgan fingerprint density at radius 2 is 2.10 bits per heavy atom. The predicted molar refractivity (Wildman–Crippen MR) is 79.1 cm³/mol. The van der Waals surface area contributed by atoms with E-state index in [2.05, 4.69) is 10.3 Å². The molecular weight excluding hydrogens is 270 g/mol. The number of para-hydroxylation sites is 1. The number of aromatic nitrogens is 1. The summed E-state index contributed by atoms with van der Waals surface area (Å²) in [5.74, 6) is 0.555. The highest BCUT2D eigenvalue weighted by Crippen LogP contribution is 2.25. The van der Waals surface area contributed by atoms with Crippen molar-refractivity contribution in [3.8, 4) is 5.88 Å². The second-order valence-electron chi connectivity index (χ2n) is 4.59. The molecule has 2 rings (SSSR count).